The van der Waals surface area contributed by atoms with Crippen molar-refractivity contribution in [1.82, 2.24) is 4.98 Å². The van der Waals surface area contributed by atoms with Crippen molar-refractivity contribution < 1.29 is 4.79 Å². The summed E-state index contributed by atoms with van der Waals surface area (Å²) in [5.41, 5.74) is 1.52. The maximum atomic E-state index is 12.1. The van der Waals surface area contributed by atoms with Crippen molar-refractivity contribution in [2.75, 3.05) is 5.32 Å². The normalized spacial score (nSPS) is 10.8. The van der Waals surface area contributed by atoms with Crippen molar-refractivity contribution >= 4 is 56.6 Å². The van der Waals surface area contributed by atoms with E-state index in [-0.39, 0.29) is 5.91 Å². The molecule has 0 atom stereocenters. The Labute approximate surface area is 134 Å². The lowest BCUT2D eigenvalue weighted by Crippen LogP contribution is -2.11. The number of aromatic nitrogens is 1. The molecule has 1 aromatic heterocycles. The van der Waals surface area contributed by atoms with Gasteiger partial charge in [0.2, 0.25) is 0 Å². The fraction of sp³-hybridized carbons (Fsp3) is 0.231. The van der Waals surface area contributed by atoms with Gasteiger partial charge in [0.05, 0.1) is 10.7 Å². The predicted molar refractivity (Wildman–Crippen MR) is 88.3 cm³/mol. The quantitative estimate of drug-likeness (QED) is 0.746. The molecule has 0 saturated heterocycles. The van der Waals surface area contributed by atoms with Crippen molar-refractivity contribution in [3.05, 3.63) is 43.4 Å². The third kappa shape index (κ3) is 3.67. The Kier molecular flexibility index (Phi) is 4.81. The first kappa shape index (κ1) is 14.7. The molecule has 3 nitrogen and oxygen atoms in total. The second kappa shape index (κ2) is 6.19. The molecule has 6 heteroatoms. The Bertz CT molecular complexity index is 612. The Balaban J connectivity index is 2.13. The summed E-state index contributed by atoms with van der Waals surface area (Å²) >= 11 is 9.56. The number of hydrogen-bond donors (Lipinski definition) is 1. The molecule has 1 amide bonds. The summed E-state index contributed by atoms with van der Waals surface area (Å²) in [6.07, 6.45) is 0. The van der Waals surface area contributed by atoms with Gasteiger partial charge in [0, 0.05) is 14.5 Å². The minimum absolute atomic E-state index is 0.192. The van der Waals surface area contributed by atoms with Gasteiger partial charge in [0.15, 0.2) is 5.13 Å². The fourth-order valence-electron chi connectivity index (χ4n) is 1.42. The zero-order valence-corrected chi connectivity index (χ0v) is 14.1. The second-order valence-corrected chi connectivity index (χ2v) is 6.74. The summed E-state index contributed by atoms with van der Waals surface area (Å²) in [5, 5.41) is 5.94. The molecule has 1 N–H and O–H groups in total. The molecule has 0 bridgehead atoms. The van der Waals surface area contributed by atoms with E-state index in [1.807, 2.05) is 11.4 Å². The van der Waals surface area contributed by atoms with E-state index in [2.05, 4.69) is 46.7 Å². The van der Waals surface area contributed by atoms with Crippen LogP contribution in [0.15, 0.2) is 23.6 Å². The fourth-order valence-corrected chi connectivity index (χ4v) is 2.80. The van der Waals surface area contributed by atoms with Gasteiger partial charge in [-0.05, 0) is 46.7 Å². The number of nitrogens with zero attached hydrogens (tertiary/aromatic N) is 1. The summed E-state index contributed by atoms with van der Waals surface area (Å²) in [4.78, 5) is 16.4. The van der Waals surface area contributed by atoms with Crippen molar-refractivity contribution in [2.24, 2.45) is 0 Å². The largest absolute Gasteiger partial charge is 0.298 e. The van der Waals surface area contributed by atoms with E-state index in [1.54, 1.807) is 12.1 Å². The van der Waals surface area contributed by atoms with Gasteiger partial charge < -0.3 is 0 Å². The highest BCUT2D eigenvalue weighted by Gasteiger charge is 2.11. The van der Waals surface area contributed by atoms with E-state index in [9.17, 15) is 4.79 Å². The number of nitrogens with one attached hydrogen (secondary N) is 1. The van der Waals surface area contributed by atoms with Crippen molar-refractivity contribution in [1.29, 1.82) is 0 Å². The van der Waals surface area contributed by atoms with Crippen LogP contribution in [0, 0.1) is 3.57 Å². The molecule has 100 valence electrons. The number of carbonyl (C=O) groups is 1. The van der Waals surface area contributed by atoms with Crippen LogP contribution < -0.4 is 5.32 Å². The second-order valence-electron chi connectivity index (χ2n) is 4.32. The molecule has 0 saturated carbocycles. The smallest absolute Gasteiger partial charge is 0.257 e. The highest BCUT2D eigenvalue weighted by Crippen LogP contribution is 2.23. The first-order chi connectivity index (χ1) is 8.97. The molecule has 0 unspecified atom stereocenters. The molecule has 1 aromatic carbocycles. The number of rotatable bonds is 3. The SMILES string of the molecule is CC(C)c1csc(NC(=O)c2ccc(I)c(Cl)c2)n1. The monoisotopic (exact) mass is 406 g/mol. The predicted octanol–water partition coefficient (Wildman–Crippen LogP) is 4.78. The topological polar surface area (TPSA) is 42.0 Å². The van der Waals surface area contributed by atoms with E-state index in [1.165, 1.54) is 11.3 Å². The lowest BCUT2D eigenvalue weighted by molar-refractivity contribution is 0.102. The first-order valence-electron chi connectivity index (χ1n) is 5.69. The van der Waals surface area contributed by atoms with Gasteiger partial charge in [-0.3, -0.25) is 10.1 Å². The zero-order valence-electron chi connectivity index (χ0n) is 10.4. The van der Waals surface area contributed by atoms with Crippen LogP contribution in [-0.4, -0.2) is 10.9 Å². The molecule has 0 radical (unpaired) electrons. The molecular formula is C13H12ClIN2OS. The molecule has 0 aliphatic carbocycles. The van der Waals surface area contributed by atoms with E-state index in [4.69, 9.17) is 11.6 Å². The molecule has 0 aliphatic rings. The Morgan fingerprint density at radius 1 is 1.47 bits per heavy atom. The van der Waals surface area contributed by atoms with Crippen LogP contribution in [0.4, 0.5) is 5.13 Å². The number of carbonyl (C=O) groups excluding carboxylic acids is 1. The first-order valence-corrected chi connectivity index (χ1v) is 8.03. The Morgan fingerprint density at radius 3 is 2.79 bits per heavy atom. The third-order valence-electron chi connectivity index (χ3n) is 2.52. The summed E-state index contributed by atoms with van der Waals surface area (Å²) in [6, 6.07) is 5.23. The lowest BCUT2D eigenvalue weighted by Gasteiger charge is -2.03. The maximum absolute atomic E-state index is 12.1. The van der Waals surface area contributed by atoms with Crippen LogP contribution in [0.2, 0.25) is 5.02 Å². The Hall–Kier alpha value is -0.660. The highest BCUT2D eigenvalue weighted by molar-refractivity contribution is 14.1. The van der Waals surface area contributed by atoms with Gasteiger partial charge in [-0.1, -0.05) is 25.4 Å². The van der Waals surface area contributed by atoms with Crippen molar-refractivity contribution in [3.63, 3.8) is 0 Å². The highest BCUT2D eigenvalue weighted by atomic mass is 127. The van der Waals surface area contributed by atoms with Crippen LogP contribution in [0.5, 0.6) is 0 Å². The molecule has 19 heavy (non-hydrogen) atoms. The zero-order chi connectivity index (χ0) is 14.0. The van der Waals surface area contributed by atoms with Gasteiger partial charge in [0.25, 0.3) is 5.91 Å². The number of thiazole rings is 1. The van der Waals surface area contributed by atoms with Crippen LogP contribution in [-0.2, 0) is 0 Å². The molecule has 0 fully saturated rings. The van der Waals surface area contributed by atoms with Crippen molar-refractivity contribution in [2.45, 2.75) is 19.8 Å². The molecule has 1 heterocycles. The maximum Gasteiger partial charge on any atom is 0.257 e. The molecular weight excluding hydrogens is 395 g/mol. The van der Waals surface area contributed by atoms with E-state index in [0.717, 1.165) is 9.26 Å². The molecule has 2 aromatic rings. The minimum Gasteiger partial charge on any atom is -0.298 e. The molecule has 0 aliphatic heterocycles. The number of halogens is 2. The van der Waals surface area contributed by atoms with Gasteiger partial charge in [-0.15, -0.1) is 11.3 Å². The van der Waals surface area contributed by atoms with Gasteiger partial charge in [0.1, 0.15) is 0 Å². The minimum atomic E-state index is -0.192. The number of anilines is 1. The third-order valence-corrected chi connectivity index (χ3v) is 4.86. The average molecular weight is 407 g/mol. The van der Waals surface area contributed by atoms with Gasteiger partial charge in [-0.2, -0.15) is 0 Å². The summed E-state index contributed by atoms with van der Waals surface area (Å²) in [5.74, 6) is 0.164. The number of amides is 1. The molecule has 2 rings (SSSR count). The van der Waals surface area contributed by atoms with E-state index in [0.29, 0.717) is 21.6 Å². The summed E-state index contributed by atoms with van der Waals surface area (Å²) < 4.78 is 0.923. The standard InChI is InChI=1S/C13H12ClIN2OS/c1-7(2)11-6-19-13(16-11)17-12(18)8-3-4-10(15)9(14)5-8/h3-7H,1-2H3,(H,16,17,18). The van der Waals surface area contributed by atoms with Crippen LogP contribution in [0.1, 0.15) is 35.8 Å². The van der Waals surface area contributed by atoms with Gasteiger partial charge >= 0.3 is 0 Å². The van der Waals surface area contributed by atoms with Crippen LogP contribution in [0.25, 0.3) is 0 Å². The number of benzene rings is 1. The van der Waals surface area contributed by atoms with Crippen molar-refractivity contribution in [3.8, 4) is 0 Å². The molecule has 0 spiro atoms. The van der Waals surface area contributed by atoms with E-state index >= 15 is 0 Å². The lowest BCUT2D eigenvalue weighted by atomic mass is 10.2. The summed E-state index contributed by atoms with van der Waals surface area (Å²) in [6.45, 7) is 4.14. The Morgan fingerprint density at radius 2 is 2.21 bits per heavy atom. The van der Waals surface area contributed by atoms with Crippen LogP contribution in [0.3, 0.4) is 0 Å². The number of hydrogen-bond acceptors (Lipinski definition) is 3. The summed E-state index contributed by atoms with van der Waals surface area (Å²) in [7, 11) is 0. The van der Waals surface area contributed by atoms with Gasteiger partial charge in [-0.25, -0.2) is 4.98 Å². The average Bonchev–Trinajstić information content (AvgIpc) is 2.81. The van der Waals surface area contributed by atoms with Crippen LogP contribution >= 0.6 is 45.5 Å². The van der Waals surface area contributed by atoms with E-state index < -0.39 is 0 Å².